The second-order valence-electron chi connectivity index (χ2n) is 5.80. The molecule has 6 heteroatoms. The van der Waals surface area contributed by atoms with Gasteiger partial charge in [0, 0.05) is 31.1 Å². The average Bonchev–Trinajstić information content (AvgIpc) is 2.96. The van der Waals surface area contributed by atoms with Crippen LogP contribution in [0.2, 0.25) is 0 Å². The first-order chi connectivity index (χ1) is 12.2. The van der Waals surface area contributed by atoms with E-state index in [-0.39, 0.29) is 5.56 Å². The van der Waals surface area contributed by atoms with Gasteiger partial charge in [-0.05, 0) is 12.5 Å². The zero-order valence-corrected chi connectivity index (χ0v) is 15.6. The monoisotopic (exact) mass is 358 g/mol. The second kappa shape index (κ2) is 7.91. The molecule has 0 saturated heterocycles. The molecule has 0 radical (unpaired) electrons. The molecule has 0 aliphatic rings. The van der Waals surface area contributed by atoms with Gasteiger partial charge in [0.2, 0.25) is 0 Å². The van der Waals surface area contributed by atoms with Crippen LogP contribution >= 0.6 is 11.3 Å². The third-order valence-corrected chi connectivity index (χ3v) is 5.18. The average molecular weight is 358 g/mol. The summed E-state index contributed by atoms with van der Waals surface area (Å²) in [5.74, 6) is 0.747. The third-order valence-electron chi connectivity index (χ3n) is 4.18. The zero-order chi connectivity index (χ0) is 17.8. The third kappa shape index (κ3) is 3.51. The number of ether oxygens (including phenoxy) is 2. The van der Waals surface area contributed by atoms with Crippen molar-refractivity contribution < 1.29 is 9.47 Å². The van der Waals surface area contributed by atoms with Gasteiger partial charge in [-0.2, -0.15) is 0 Å². The number of methoxy groups -OCH3 is 2. The molecule has 3 rings (SSSR count). The van der Waals surface area contributed by atoms with Crippen molar-refractivity contribution in [1.82, 2.24) is 9.55 Å². The van der Waals surface area contributed by atoms with Gasteiger partial charge in [0.05, 0.1) is 25.1 Å². The lowest BCUT2D eigenvalue weighted by Crippen LogP contribution is -2.27. The quantitative estimate of drug-likeness (QED) is 0.650. The maximum Gasteiger partial charge on any atom is 0.262 e. The maximum atomic E-state index is 13.3. The van der Waals surface area contributed by atoms with Crippen molar-refractivity contribution in [2.45, 2.75) is 19.9 Å². The van der Waals surface area contributed by atoms with E-state index in [1.165, 1.54) is 0 Å². The van der Waals surface area contributed by atoms with Crippen LogP contribution in [-0.4, -0.2) is 37.0 Å². The zero-order valence-electron chi connectivity index (χ0n) is 14.7. The van der Waals surface area contributed by atoms with Gasteiger partial charge in [0.25, 0.3) is 5.56 Å². The number of aromatic nitrogens is 2. The van der Waals surface area contributed by atoms with Gasteiger partial charge in [0.15, 0.2) is 0 Å². The Morgan fingerprint density at radius 3 is 2.52 bits per heavy atom. The van der Waals surface area contributed by atoms with Crippen molar-refractivity contribution in [3.8, 4) is 11.1 Å². The van der Waals surface area contributed by atoms with Gasteiger partial charge < -0.3 is 9.47 Å². The van der Waals surface area contributed by atoms with E-state index in [1.807, 2.05) is 37.3 Å². The Labute approximate surface area is 150 Å². The van der Waals surface area contributed by atoms with Gasteiger partial charge >= 0.3 is 0 Å². The number of aryl methyl sites for hydroxylation is 1. The lowest BCUT2D eigenvalue weighted by Gasteiger charge is -2.12. The predicted octanol–water partition coefficient (Wildman–Crippen LogP) is 3.27. The number of benzene rings is 1. The first-order valence-corrected chi connectivity index (χ1v) is 9.05. The van der Waals surface area contributed by atoms with Gasteiger partial charge in [-0.1, -0.05) is 30.3 Å². The van der Waals surface area contributed by atoms with Crippen molar-refractivity contribution >= 4 is 21.6 Å². The molecule has 0 N–H and O–H groups in total. The first-order valence-electron chi connectivity index (χ1n) is 8.23. The summed E-state index contributed by atoms with van der Waals surface area (Å²) in [5, 5.41) is 0.700. The fraction of sp³-hybridized carbons (Fsp3) is 0.368. The molecule has 0 bridgehead atoms. The van der Waals surface area contributed by atoms with E-state index >= 15 is 0 Å². The SMILES string of the molecule is COCCc1nc2sc(C)c(-c3ccccc3)c2c(=O)n1CCOC. The topological polar surface area (TPSA) is 53.3 Å². The number of nitrogens with zero attached hydrogens (tertiary/aromatic N) is 2. The van der Waals surface area contributed by atoms with Crippen LogP contribution < -0.4 is 5.56 Å². The van der Waals surface area contributed by atoms with E-state index < -0.39 is 0 Å². The standard InChI is InChI=1S/C19H22N2O3S/c1-13-16(14-7-5-4-6-8-14)17-18(25-13)20-15(9-11-23-2)21(19(17)22)10-12-24-3/h4-8H,9-12H2,1-3H3. The van der Waals surface area contributed by atoms with Crippen LogP contribution in [0, 0.1) is 6.92 Å². The summed E-state index contributed by atoms with van der Waals surface area (Å²) >= 11 is 1.57. The highest BCUT2D eigenvalue weighted by atomic mass is 32.1. The molecule has 3 aromatic rings. The van der Waals surface area contributed by atoms with Gasteiger partial charge in [0.1, 0.15) is 10.7 Å². The molecule has 0 fully saturated rings. The van der Waals surface area contributed by atoms with Gasteiger partial charge in [-0.3, -0.25) is 9.36 Å². The number of fused-ring (bicyclic) bond motifs is 1. The minimum atomic E-state index is -0.00337. The van der Waals surface area contributed by atoms with E-state index in [4.69, 9.17) is 14.5 Å². The Morgan fingerprint density at radius 2 is 1.84 bits per heavy atom. The molecule has 2 aromatic heterocycles. The highest BCUT2D eigenvalue weighted by molar-refractivity contribution is 7.19. The van der Waals surface area contributed by atoms with E-state index in [1.54, 1.807) is 30.1 Å². The lowest BCUT2D eigenvalue weighted by atomic mass is 10.0. The van der Waals surface area contributed by atoms with Crippen LogP contribution in [0.15, 0.2) is 35.1 Å². The van der Waals surface area contributed by atoms with E-state index in [0.717, 1.165) is 26.7 Å². The molecule has 25 heavy (non-hydrogen) atoms. The molecule has 5 nitrogen and oxygen atoms in total. The maximum absolute atomic E-state index is 13.3. The molecule has 0 spiro atoms. The van der Waals surface area contributed by atoms with Crippen molar-refractivity contribution in [2.24, 2.45) is 0 Å². The molecule has 1 aromatic carbocycles. The Kier molecular flexibility index (Phi) is 5.63. The lowest BCUT2D eigenvalue weighted by molar-refractivity contribution is 0.180. The number of thiophene rings is 1. The Bertz CT molecular complexity index is 916. The van der Waals surface area contributed by atoms with Crippen molar-refractivity contribution in [3.63, 3.8) is 0 Å². The molecule has 2 heterocycles. The summed E-state index contributed by atoms with van der Waals surface area (Å²) < 4.78 is 12.1. The van der Waals surface area contributed by atoms with Crippen LogP contribution in [0.4, 0.5) is 0 Å². The van der Waals surface area contributed by atoms with E-state index in [9.17, 15) is 4.79 Å². The van der Waals surface area contributed by atoms with Crippen molar-refractivity contribution in [3.05, 3.63) is 51.4 Å². The van der Waals surface area contributed by atoms with Crippen LogP contribution in [0.1, 0.15) is 10.7 Å². The molecule has 132 valence electrons. The number of hydrogen-bond acceptors (Lipinski definition) is 5. The summed E-state index contributed by atoms with van der Waals surface area (Å²) in [6, 6.07) is 10.0. The molecule has 0 saturated carbocycles. The highest BCUT2D eigenvalue weighted by Crippen LogP contribution is 2.35. The van der Waals surface area contributed by atoms with Gasteiger partial charge in [-0.15, -0.1) is 11.3 Å². The van der Waals surface area contributed by atoms with Crippen LogP contribution in [0.5, 0.6) is 0 Å². The minimum absolute atomic E-state index is 0.00337. The Morgan fingerprint density at radius 1 is 1.12 bits per heavy atom. The smallest absolute Gasteiger partial charge is 0.262 e. The molecule has 0 unspecified atom stereocenters. The van der Waals surface area contributed by atoms with Crippen LogP contribution in [0.25, 0.3) is 21.3 Å². The number of hydrogen-bond donors (Lipinski definition) is 0. The molecule has 0 aliphatic carbocycles. The fourth-order valence-corrected chi connectivity index (χ4v) is 4.04. The second-order valence-corrected chi connectivity index (χ2v) is 7.00. The van der Waals surface area contributed by atoms with Gasteiger partial charge in [-0.25, -0.2) is 4.98 Å². The summed E-state index contributed by atoms with van der Waals surface area (Å²) in [6.45, 7) is 3.53. The van der Waals surface area contributed by atoms with Crippen molar-refractivity contribution in [2.75, 3.05) is 27.4 Å². The summed E-state index contributed by atoms with van der Waals surface area (Å²) in [6.07, 6.45) is 0.600. The highest BCUT2D eigenvalue weighted by Gasteiger charge is 2.19. The van der Waals surface area contributed by atoms with Crippen molar-refractivity contribution in [1.29, 1.82) is 0 Å². The Balaban J connectivity index is 2.24. The summed E-state index contributed by atoms with van der Waals surface area (Å²) in [7, 11) is 3.29. The molecule has 0 aliphatic heterocycles. The Hall–Kier alpha value is -2.02. The first kappa shape index (κ1) is 17.8. The molecular formula is C19H22N2O3S. The summed E-state index contributed by atoms with van der Waals surface area (Å²) in [5.41, 5.74) is 2.03. The van der Waals surface area contributed by atoms with Crippen LogP contribution in [-0.2, 0) is 22.4 Å². The fourth-order valence-electron chi connectivity index (χ4n) is 2.99. The summed E-state index contributed by atoms with van der Waals surface area (Å²) in [4.78, 5) is 19.9. The molecular weight excluding hydrogens is 336 g/mol. The van der Waals surface area contributed by atoms with E-state index in [0.29, 0.717) is 31.6 Å². The minimum Gasteiger partial charge on any atom is -0.384 e. The largest absolute Gasteiger partial charge is 0.384 e. The molecule has 0 atom stereocenters. The molecule has 0 amide bonds. The predicted molar refractivity (Wildman–Crippen MR) is 102 cm³/mol. The normalized spacial score (nSPS) is 11.3. The van der Waals surface area contributed by atoms with Crippen LogP contribution in [0.3, 0.4) is 0 Å². The van der Waals surface area contributed by atoms with E-state index in [2.05, 4.69) is 0 Å². The number of rotatable bonds is 7.